The van der Waals surface area contributed by atoms with Crippen molar-refractivity contribution in [1.29, 1.82) is 0 Å². The van der Waals surface area contributed by atoms with E-state index in [1.54, 1.807) is 16.7 Å². The van der Waals surface area contributed by atoms with Crippen LogP contribution in [0.15, 0.2) is 53.5 Å². The number of thioether (sulfide) groups is 1. The van der Waals surface area contributed by atoms with Gasteiger partial charge in [-0.15, -0.1) is 0 Å². The van der Waals surface area contributed by atoms with Crippen molar-refractivity contribution >= 4 is 22.8 Å². The first-order chi connectivity index (χ1) is 12.5. The zero-order valence-electron chi connectivity index (χ0n) is 15.4. The molecule has 1 aliphatic rings. The van der Waals surface area contributed by atoms with Gasteiger partial charge in [-0.3, -0.25) is 14.7 Å². The molecule has 0 saturated carbocycles. The van der Waals surface area contributed by atoms with Gasteiger partial charge in [-0.05, 0) is 56.2 Å². The fourth-order valence-corrected chi connectivity index (χ4v) is 3.88. The lowest BCUT2D eigenvalue weighted by Gasteiger charge is -2.18. The van der Waals surface area contributed by atoms with Crippen molar-refractivity contribution in [3.63, 3.8) is 0 Å². The Morgan fingerprint density at radius 1 is 1.19 bits per heavy atom. The summed E-state index contributed by atoms with van der Waals surface area (Å²) in [7, 11) is 0. The summed E-state index contributed by atoms with van der Waals surface area (Å²) in [5, 5.41) is 0.806. The second-order valence-corrected chi connectivity index (χ2v) is 7.47. The number of hydrogen-bond donors (Lipinski definition) is 0. The molecule has 0 unspecified atom stereocenters. The van der Waals surface area contributed by atoms with Gasteiger partial charge in [0, 0.05) is 17.9 Å². The number of carbonyl (C=O) groups is 1. The van der Waals surface area contributed by atoms with Crippen molar-refractivity contribution < 1.29 is 9.53 Å². The maximum absolute atomic E-state index is 12.9. The van der Waals surface area contributed by atoms with Crippen LogP contribution in [0.25, 0.3) is 0 Å². The minimum atomic E-state index is -0.00497. The van der Waals surface area contributed by atoms with Gasteiger partial charge in [0.05, 0.1) is 12.6 Å². The van der Waals surface area contributed by atoms with E-state index in [0.29, 0.717) is 18.7 Å². The van der Waals surface area contributed by atoms with Crippen LogP contribution in [0.3, 0.4) is 0 Å². The van der Waals surface area contributed by atoms with Gasteiger partial charge in [0.1, 0.15) is 5.75 Å². The van der Waals surface area contributed by atoms with E-state index >= 15 is 0 Å². The van der Waals surface area contributed by atoms with Gasteiger partial charge in [0.2, 0.25) is 0 Å². The molecular formula is C21H24N2O2S. The molecule has 2 aromatic rings. The molecule has 0 saturated heterocycles. The number of rotatable bonds is 5. The zero-order valence-corrected chi connectivity index (χ0v) is 16.3. The smallest absolute Gasteiger partial charge is 0.259 e. The number of amidine groups is 1. The summed E-state index contributed by atoms with van der Waals surface area (Å²) >= 11 is 1.62. The second kappa shape index (κ2) is 8.41. The summed E-state index contributed by atoms with van der Waals surface area (Å²) in [4.78, 5) is 19.2. The molecule has 4 nitrogen and oxygen atoms in total. The molecule has 0 spiro atoms. The number of aliphatic imine (C=N–C) groups is 1. The van der Waals surface area contributed by atoms with Gasteiger partial charge in [0.25, 0.3) is 5.91 Å². The molecule has 0 aliphatic carbocycles. The largest absolute Gasteiger partial charge is 0.491 e. The summed E-state index contributed by atoms with van der Waals surface area (Å²) in [6.07, 6.45) is 0.117. The van der Waals surface area contributed by atoms with E-state index in [0.717, 1.165) is 16.7 Å². The third-order valence-electron chi connectivity index (χ3n) is 4.14. The number of amides is 1. The van der Waals surface area contributed by atoms with Crippen LogP contribution in [0.1, 0.15) is 35.3 Å². The summed E-state index contributed by atoms with van der Waals surface area (Å²) in [6.45, 7) is 7.38. The monoisotopic (exact) mass is 368 g/mol. The molecule has 3 rings (SSSR count). The van der Waals surface area contributed by atoms with E-state index in [2.05, 4.69) is 24.0 Å². The fraction of sp³-hybridized carbons (Fsp3) is 0.333. The Bertz CT molecular complexity index is 800. The normalized spacial score (nSPS) is 13.8. The van der Waals surface area contributed by atoms with Crippen molar-refractivity contribution in [3.8, 4) is 5.75 Å². The standard InChI is InChI=1S/C21H24N2O2S/c1-15(2)25-19-10-8-17(9-11-19)20(24)23-13-12-22-21(23)26-14-18-7-5-4-6-16(18)3/h4-11,15H,12-14H2,1-3H3. The molecule has 0 atom stereocenters. The highest BCUT2D eigenvalue weighted by molar-refractivity contribution is 8.13. The number of hydrogen-bond acceptors (Lipinski definition) is 4. The van der Waals surface area contributed by atoms with Crippen molar-refractivity contribution in [2.45, 2.75) is 32.6 Å². The lowest BCUT2D eigenvalue weighted by Crippen LogP contribution is -2.32. The molecule has 1 aliphatic heterocycles. The van der Waals surface area contributed by atoms with E-state index in [-0.39, 0.29) is 12.0 Å². The van der Waals surface area contributed by atoms with Crippen molar-refractivity contribution in [2.75, 3.05) is 13.1 Å². The topological polar surface area (TPSA) is 41.9 Å². The fourth-order valence-electron chi connectivity index (χ4n) is 2.76. The predicted molar refractivity (Wildman–Crippen MR) is 108 cm³/mol. The van der Waals surface area contributed by atoms with Gasteiger partial charge in [-0.1, -0.05) is 36.0 Å². The van der Waals surface area contributed by atoms with Crippen LogP contribution in [0.4, 0.5) is 0 Å². The molecular weight excluding hydrogens is 344 g/mol. The highest BCUT2D eigenvalue weighted by Crippen LogP contribution is 2.23. The van der Waals surface area contributed by atoms with Crippen molar-refractivity contribution in [3.05, 3.63) is 65.2 Å². The van der Waals surface area contributed by atoms with Gasteiger partial charge >= 0.3 is 0 Å². The minimum Gasteiger partial charge on any atom is -0.491 e. The third kappa shape index (κ3) is 4.47. The van der Waals surface area contributed by atoms with Crippen molar-refractivity contribution in [2.24, 2.45) is 4.99 Å². The van der Waals surface area contributed by atoms with E-state index in [9.17, 15) is 4.79 Å². The molecule has 1 amide bonds. The Kier molecular flexibility index (Phi) is 5.99. The Morgan fingerprint density at radius 3 is 2.62 bits per heavy atom. The van der Waals surface area contributed by atoms with E-state index < -0.39 is 0 Å². The molecule has 136 valence electrons. The lowest BCUT2D eigenvalue weighted by atomic mass is 10.1. The second-order valence-electron chi connectivity index (χ2n) is 6.53. The van der Waals surface area contributed by atoms with Gasteiger partial charge < -0.3 is 4.74 Å². The average molecular weight is 369 g/mol. The summed E-state index contributed by atoms with van der Waals surface area (Å²) in [5.41, 5.74) is 3.19. The van der Waals surface area contributed by atoms with Crippen LogP contribution in [-0.2, 0) is 5.75 Å². The number of carbonyl (C=O) groups excluding carboxylic acids is 1. The molecule has 1 heterocycles. The van der Waals surface area contributed by atoms with Crippen LogP contribution < -0.4 is 4.74 Å². The number of aryl methyl sites for hydroxylation is 1. The minimum absolute atomic E-state index is 0.00497. The molecule has 0 fully saturated rings. The molecule has 0 radical (unpaired) electrons. The predicted octanol–water partition coefficient (Wildman–Crippen LogP) is 4.53. The maximum Gasteiger partial charge on any atom is 0.259 e. The first kappa shape index (κ1) is 18.5. The van der Waals surface area contributed by atoms with Crippen LogP contribution in [0, 0.1) is 6.92 Å². The number of ether oxygens (including phenoxy) is 1. The highest BCUT2D eigenvalue weighted by Gasteiger charge is 2.25. The molecule has 26 heavy (non-hydrogen) atoms. The van der Waals surface area contributed by atoms with E-state index in [1.165, 1.54) is 11.1 Å². The summed E-state index contributed by atoms with van der Waals surface area (Å²) < 4.78 is 5.64. The maximum atomic E-state index is 12.9. The van der Waals surface area contributed by atoms with Gasteiger partial charge in [-0.25, -0.2) is 0 Å². The molecule has 5 heteroatoms. The molecule has 0 bridgehead atoms. The van der Waals surface area contributed by atoms with Gasteiger partial charge in [0.15, 0.2) is 5.17 Å². The number of benzene rings is 2. The van der Waals surface area contributed by atoms with Crippen LogP contribution in [-0.4, -0.2) is 35.2 Å². The summed E-state index contributed by atoms with van der Waals surface area (Å²) in [5.74, 6) is 1.59. The van der Waals surface area contributed by atoms with E-state index in [1.807, 2.05) is 50.2 Å². The van der Waals surface area contributed by atoms with Gasteiger partial charge in [-0.2, -0.15) is 0 Å². The Morgan fingerprint density at radius 2 is 1.92 bits per heavy atom. The Hall–Kier alpha value is -2.27. The molecule has 0 N–H and O–H groups in total. The van der Waals surface area contributed by atoms with Crippen molar-refractivity contribution in [1.82, 2.24) is 4.90 Å². The molecule has 2 aromatic carbocycles. The van der Waals surface area contributed by atoms with E-state index in [4.69, 9.17) is 4.74 Å². The zero-order chi connectivity index (χ0) is 18.5. The Balaban J connectivity index is 1.65. The molecule has 0 aromatic heterocycles. The lowest BCUT2D eigenvalue weighted by molar-refractivity contribution is 0.0860. The quantitative estimate of drug-likeness (QED) is 0.779. The van der Waals surface area contributed by atoms with Crippen LogP contribution in [0.5, 0.6) is 5.75 Å². The number of nitrogens with zero attached hydrogens (tertiary/aromatic N) is 2. The first-order valence-corrected chi connectivity index (χ1v) is 9.83. The summed E-state index contributed by atoms with van der Waals surface area (Å²) in [6, 6.07) is 15.7. The average Bonchev–Trinajstić information content (AvgIpc) is 3.09. The first-order valence-electron chi connectivity index (χ1n) is 8.85. The van der Waals surface area contributed by atoms with Crippen LogP contribution in [0.2, 0.25) is 0 Å². The highest BCUT2D eigenvalue weighted by atomic mass is 32.2. The van der Waals surface area contributed by atoms with Crippen LogP contribution >= 0.6 is 11.8 Å². The third-order valence-corrected chi connectivity index (χ3v) is 5.20. The Labute approximate surface area is 159 Å². The SMILES string of the molecule is Cc1ccccc1CSC1=NCCN1C(=O)c1ccc(OC(C)C)cc1.